The highest BCUT2D eigenvalue weighted by Gasteiger charge is 2.27. The van der Waals surface area contributed by atoms with Crippen molar-refractivity contribution in [1.82, 2.24) is 20.4 Å². The Hall–Kier alpha value is -4.56. The van der Waals surface area contributed by atoms with Crippen LogP contribution < -0.4 is 16.4 Å². The van der Waals surface area contributed by atoms with Gasteiger partial charge in [0, 0.05) is 19.5 Å². The van der Waals surface area contributed by atoms with E-state index in [1.165, 1.54) is 10.2 Å². The average molecular weight is 526 g/mol. The van der Waals surface area contributed by atoms with E-state index in [9.17, 15) is 14.4 Å². The molecule has 8 heteroatoms. The molecular formula is C31H35N5O3. The van der Waals surface area contributed by atoms with Crippen LogP contribution in [0.5, 0.6) is 0 Å². The quantitative estimate of drug-likeness (QED) is 0.257. The van der Waals surface area contributed by atoms with Gasteiger partial charge < -0.3 is 16.4 Å². The van der Waals surface area contributed by atoms with Gasteiger partial charge in [-0.2, -0.15) is 5.10 Å². The van der Waals surface area contributed by atoms with Crippen molar-refractivity contribution < 1.29 is 14.4 Å². The fraction of sp³-hybridized carbons (Fsp3) is 0.226. The SMILES string of the molecule is CC.Cc1cc(C(=O)NC(Cc2ccccc2)C(=O)C(N)=O)n(-c2ccc(CNCc3ccccc3)cc2)n1. The fourth-order valence-electron chi connectivity index (χ4n) is 4.02. The van der Waals surface area contributed by atoms with Crippen molar-refractivity contribution in [2.45, 2.75) is 46.3 Å². The number of primary amides is 1. The molecule has 0 aliphatic heterocycles. The summed E-state index contributed by atoms with van der Waals surface area (Å²) < 4.78 is 1.53. The second kappa shape index (κ2) is 14.4. The molecule has 0 fully saturated rings. The Morgan fingerprint density at radius 3 is 1.92 bits per heavy atom. The van der Waals surface area contributed by atoms with Gasteiger partial charge in [0.15, 0.2) is 0 Å². The van der Waals surface area contributed by atoms with Gasteiger partial charge in [-0.15, -0.1) is 0 Å². The molecule has 0 spiro atoms. The molecule has 3 aromatic carbocycles. The second-order valence-electron chi connectivity index (χ2n) is 8.78. The molecule has 1 aromatic heterocycles. The topological polar surface area (TPSA) is 119 Å². The predicted molar refractivity (Wildman–Crippen MR) is 152 cm³/mol. The van der Waals surface area contributed by atoms with E-state index in [4.69, 9.17) is 5.73 Å². The lowest BCUT2D eigenvalue weighted by atomic mass is 10.0. The number of nitrogens with two attached hydrogens (primary N) is 1. The van der Waals surface area contributed by atoms with E-state index < -0.39 is 23.6 Å². The molecule has 0 bridgehead atoms. The molecule has 1 unspecified atom stereocenters. The zero-order chi connectivity index (χ0) is 28.2. The minimum absolute atomic E-state index is 0.145. The molecule has 0 radical (unpaired) electrons. The lowest BCUT2D eigenvalue weighted by Crippen LogP contribution is -2.47. The Labute approximate surface area is 229 Å². The summed E-state index contributed by atoms with van der Waals surface area (Å²) in [6.45, 7) is 7.24. The van der Waals surface area contributed by atoms with Gasteiger partial charge in [0.25, 0.3) is 11.8 Å². The number of carbonyl (C=O) groups excluding carboxylic acids is 3. The first-order valence-electron chi connectivity index (χ1n) is 13.0. The van der Waals surface area contributed by atoms with Crippen molar-refractivity contribution in [2.24, 2.45) is 5.73 Å². The molecule has 1 atom stereocenters. The van der Waals surface area contributed by atoms with Gasteiger partial charge in [0.05, 0.1) is 11.4 Å². The van der Waals surface area contributed by atoms with Crippen LogP contribution in [-0.2, 0) is 29.1 Å². The molecule has 2 amide bonds. The zero-order valence-electron chi connectivity index (χ0n) is 22.6. The van der Waals surface area contributed by atoms with Crippen LogP contribution in [0.1, 0.15) is 46.7 Å². The van der Waals surface area contributed by atoms with Crippen LogP contribution in [0.3, 0.4) is 0 Å². The monoisotopic (exact) mass is 525 g/mol. The van der Waals surface area contributed by atoms with Crippen molar-refractivity contribution in [3.05, 3.63) is 119 Å². The number of nitrogens with one attached hydrogen (secondary N) is 2. The van der Waals surface area contributed by atoms with Crippen molar-refractivity contribution >= 4 is 17.6 Å². The maximum absolute atomic E-state index is 13.2. The highest BCUT2D eigenvalue weighted by Crippen LogP contribution is 2.15. The first-order valence-corrected chi connectivity index (χ1v) is 13.0. The van der Waals surface area contributed by atoms with Crippen LogP contribution in [0.4, 0.5) is 0 Å². The van der Waals surface area contributed by atoms with E-state index in [2.05, 4.69) is 27.9 Å². The number of rotatable bonds is 11. The Morgan fingerprint density at radius 1 is 0.821 bits per heavy atom. The summed E-state index contributed by atoms with van der Waals surface area (Å²) in [5.41, 5.74) is 9.93. The molecular weight excluding hydrogens is 490 g/mol. The van der Waals surface area contributed by atoms with Crippen LogP contribution in [0.2, 0.25) is 0 Å². The number of aryl methyl sites for hydroxylation is 1. The first kappa shape index (κ1) is 29.0. The number of benzene rings is 3. The lowest BCUT2D eigenvalue weighted by Gasteiger charge is -2.17. The molecule has 8 nitrogen and oxygen atoms in total. The third-order valence-electron chi connectivity index (χ3n) is 5.89. The molecule has 4 rings (SSSR count). The summed E-state index contributed by atoms with van der Waals surface area (Å²) in [4.78, 5) is 37.3. The third kappa shape index (κ3) is 8.21. The number of hydrogen-bond acceptors (Lipinski definition) is 5. The number of Topliss-reactive ketones (excluding diaryl/α,β-unsaturated/α-hetero) is 1. The molecule has 39 heavy (non-hydrogen) atoms. The smallest absolute Gasteiger partial charge is 0.287 e. The third-order valence-corrected chi connectivity index (χ3v) is 5.89. The Kier molecular flexibility index (Phi) is 10.7. The number of nitrogens with zero attached hydrogens (tertiary/aromatic N) is 2. The van der Waals surface area contributed by atoms with Crippen LogP contribution in [-0.4, -0.2) is 33.4 Å². The second-order valence-corrected chi connectivity index (χ2v) is 8.78. The van der Waals surface area contributed by atoms with Gasteiger partial charge >= 0.3 is 0 Å². The maximum Gasteiger partial charge on any atom is 0.287 e. The number of amides is 2. The average Bonchev–Trinajstić information content (AvgIpc) is 3.36. The Balaban J connectivity index is 0.00000205. The van der Waals surface area contributed by atoms with Crippen LogP contribution in [0.25, 0.3) is 5.69 Å². The normalized spacial score (nSPS) is 11.2. The number of ketones is 1. The molecule has 0 saturated carbocycles. The van der Waals surface area contributed by atoms with Gasteiger partial charge in [-0.3, -0.25) is 14.4 Å². The molecule has 202 valence electrons. The van der Waals surface area contributed by atoms with Crippen molar-refractivity contribution in [1.29, 1.82) is 0 Å². The van der Waals surface area contributed by atoms with E-state index in [0.29, 0.717) is 17.9 Å². The zero-order valence-corrected chi connectivity index (χ0v) is 22.6. The highest BCUT2D eigenvalue weighted by molar-refractivity contribution is 6.38. The van der Waals surface area contributed by atoms with Crippen LogP contribution in [0, 0.1) is 6.92 Å². The molecule has 1 heterocycles. The molecule has 4 aromatic rings. The van der Waals surface area contributed by atoms with Gasteiger partial charge in [-0.1, -0.05) is 86.6 Å². The predicted octanol–water partition coefficient (Wildman–Crippen LogP) is 3.89. The van der Waals surface area contributed by atoms with Crippen LogP contribution >= 0.6 is 0 Å². The number of carbonyl (C=O) groups is 3. The van der Waals surface area contributed by atoms with Gasteiger partial charge in [-0.05, 0) is 41.8 Å². The minimum atomic E-state index is -1.10. The molecule has 4 N–H and O–H groups in total. The number of hydrogen-bond donors (Lipinski definition) is 3. The summed E-state index contributed by atoms with van der Waals surface area (Å²) in [5, 5.41) is 10.6. The molecule has 0 saturated heterocycles. The molecule has 0 aliphatic carbocycles. The van der Waals surface area contributed by atoms with Crippen LogP contribution in [0.15, 0.2) is 91.0 Å². The number of aromatic nitrogens is 2. The standard InChI is InChI=1S/C29H29N5O3.C2H6/c1-20-16-26(29(37)32-25(27(35)28(30)36)17-21-8-4-2-5-9-21)34(33-20)24-14-12-23(13-15-24)19-31-18-22-10-6-3-7-11-22;1-2/h2-16,25,31H,17-19H2,1H3,(H2,30,36)(H,32,37);1-2H3. The summed E-state index contributed by atoms with van der Waals surface area (Å²) in [7, 11) is 0. The Bertz CT molecular complexity index is 1370. The van der Waals surface area contributed by atoms with Gasteiger partial charge in [-0.25, -0.2) is 4.68 Å². The van der Waals surface area contributed by atoms with E-state index in [1.54, 1.807) is 13.0 Å². The Morgan fingerprint density at radius 2 is 1.36 bits per heavy atom. The maximum atomic E-state index is 13.2. The van der Waals surface area contributed by atoms with E-state index in [-0.39, 0.29) is 12.1 Å². The largest absolute Gasteiger partial charge is 0.363 e. The molecule has 0 aliphatic rings. The van der Waals surface area contributed by atoms with Gasteiger partial charge in [0.2, 0.25) is 5.78 Å². The van der Waals surface area contributed by atoms with Gasteiger partial charge in [0.1, 0.15) is 11.7 Å². The van der Waals surface area contributed by atoms with Crippen molar-refractivity contribution in [2.75, 3.05) is 0 Å². The highest BCUT2D eigenvalue weighted by atomic mass is 16.2. The summed E-state index contributed by atoms with van der Waals surface area (Å²) in [5.74, 6) is -2.47. The summed E-state index contributed by atoms with van der Waals surface area (Å²) >= 11 is 0. The summed E-state index contributed by atoms with van der Waals surface area (Å²) in [6, 6.07) is 27.6. The van der Waals surface area contributed by atoms with Crippen molar-refractivity contribution in [3.63, 3.8) is 0 Å². The summed E-state index contributed by atoms with van der Waals surface area (Å²) in [6.07, 6.45) is 0.145. The van der Waals surface area contributed by atoms with E-state index >= 15 is 0 Å². The fourth-order valence-corrected chi connectivity index (χ4v) is 4.02. The van der Waals surface area contributed by atoms with E-state index in [1.807, 2.05) is 86.6 Å². The minimum Gasteiger partial charge on any atom is -0.363 e. The van der Waals surface area contributed by atoms with Crippen molar-refractivity contribution in [3.8, 4) is 5.69 Å². The van der Waals surface area contributed by atoms with E-state index in [0.717, 1.165) is 17.7 Å². The lowest BCUT2D eigenvalue weighted by molar-refractivity contribution is -0.137. The first-order chi connectivity index (χ1) is 18.9.